The van der Waals surface area contributed by atoms with Crippen LogP contribution < -0.4 is 14.8 Å². The van der Waals surface area contributed by atoms with Gasteiger partial charge in [0.15, 0.2) is 5.82 Å². The predicted molar refractivity (Wildman–Crippen MR) is 139 cm³/mol. The molecule has 4 heterocycles. The Balaban J connectivity index is 1.50. The Hall–Kier alpha value is -4.63. The second-order valence-corrected chi connectivity index (χ2v) is 9.19. The van der Waals surface area contributed by atoms with Crippen molar-refractivity contribution in [1.29, 1.82) is 0 Å². The van der Waals surface area contributed by atoms with Crippen LogP contribution in [-0.4, -0.2) is 36.5 Å². The van der Waals surface area contributed by atoms with Crippen molar-refractivity contribution in [2.75, 3.05) is 7.11 Å². The summed E-state index contributed by atoms with van der Waals surface area (Å²) in [6, 6.07) is 19.5. The molecule has 0 unspecified atom stereocenters. The molecule has 0 aliphatic carbocycles. The van der Waals surface area contributed by atoms with Crippen LogP contribution in [0.1, 0.15) is 11.1 Å². The summed E-state index contributed by atoms with van der Waals surface area (Å²) in [6.07, 6.45) is 7.14. The van der Waals surface area contributed by atoms with Crippen molar-refractivity contribution < 1.29 is 4.74 Å². The Morgan fingerprint density at radius 1 is 0.972 bits per heavy atom. The molecule has 6 rings (SSSR count). The molecule has 0 aliphatic heterocycles. The average molecular weight is 493 g/mol. The van der Waals surface area contributed by atoms with Gasteiger partial charge in [-0.1, -0.05) is 29.5 Å². The minimum atomic E-state index is -0.216. The highest BCUT2D eigenvalue weighted by Crippen LogP contribution is 2.29. The van der Waals surface area contributed by atoms with Gasteiger partial charge in [0.25, 0.3) is 5.56 Å². The van der Waals surface area contributed by atoms with Gasteiger partial charge in [0.05, 0.1) is 17.3 Å². The summed E-state index contributed by atoms with van der Waals surface area (Å²) in [5, 5.41) is 9.30. The normalized spacial score (nSPS) is 11.9. The zero-order valence-corrected chi connectivity index (χ0v) is 20.3. The summed E-state index contributed by atoms with van der Waals surface area (Å²) in [5.41, 5.74) is 5.04. The maximum absolute atomic E-state index is 13.2. The first-order valence-electron chi connectivity index (χ1n) is 11.2. The van der Waals surface area contributed by atoms with E-state index in [1.807, 2.05) is 84.5 Å². The lowest BCUT2D eigenvalue weighted by Crippen LogP contribution is -2.23. The Morgan fingerprint density at radius 2 is 1.78 bits per heavy atom. The third-order valence-electron chi connectivity index (χ3n) is 5.84. The van der Waals surface area contributed by atoms with E-state index in [0.717, 1.165) is 39.4 Å². The quantitative estimate of drug-likeness (QED) is 0.362. The van der Waals surface area contributed by atoms with Gasteiger partial charge in [-0.05, 0) is 61.0 Å². The van der Waals surface area contributed by atoms with Crippen molar-refractivity contribution in [3.05, 3.63) is 105 Å². The number of pyridine rings is 1. The van der Waals surface area contributed by atoms with Crippen molar-refractivity contribution in [2.24, 2.45) is 0 Å². The molecule has 8 nitrogen and oxygen atoms in total. The third kappa shape index (κ3) is 3.85. The maximum atomic E-state index is 13.2. The van der Waals surface area contributed by atoms with Crippen molar-refractivity contribution in [3.63, 3.8) is 0 Å². The van der Waals surface area contributed by atoms with Crippen LogP contribution in [0.25, 0.3) is 39.4 Å². The van der Waals surface area contributed by atoms with E-state index >= 15 is 0 Å². The first-order chi connectivity index (χ1) is 17.6. The molecular weight excluding hydrogens is 472 g/mol. The SMILES string of the molecule is COc1ccc(-c2nn(-c3ccccc3)cc2C=c2sc3nc(-c4ccncc4)nn3c2=O)cc1C. The van der Waals surface area contributed by atoms with E-state index in [9.17, 15) is 4.79 Å². The minimum Gasteiger partial charge on any atom is -0.496 e. The van der Waals surface area contributed by atoms with Gasteiger partial charge in [-0.3, -0.25) is 9.78 Å². The van der Waals surface area contributed by atoms with E-state index in [-0.39, 0.29) is 5.56 Å². The molecule has 0 saturated carbocycles. The number of nitrogens with zero attached hydrogens (tertiary/aromatic N) is 6. The van der Waals surface area contributed by atoms with E-state index in [1.54, 1.807) is 19.5 Å². The van der Waals surface area contributed by atoms with Gasteiger partial charge in [-0.25, -0.2) is 4.68 Å². The van der Waals surface area contributed by atoms with Crippen LogP contribution in [-0.2, 0) is 0 Å². The number of benzene rings is 2. The van der Waals surface area contributed by atoms with Gasteiger partial charge >= 0.3 is 0 Å². The van der Waals surface area contributed by atoms with Gasteiger partial charge < -0.3 is 4.74 Å². The molecule has 0 atom stereocenters. The molecule has 0 amide bonds. The molecule has 2 aromatic carbocycles. The fourth-order valence-electron chi connectivity index (χ4n) is 4.05. The first kappa shape index (κ1) is 21.9. The predicted octanol–water partition coefficient (Wildman–Crippen LogP) is 3.93. The Kier molecular flexibility index (Phi) is 5.38. The number of rotatable bonds is 5. The van der Waals surface area contributed by atoms with Crippen LogP contribution in [0.5, 0.6) is 5.75 Å². The van der Waals surface area contributed by atoms with Crippen LogP contribution in [0.4, 0.5) is 0 Å². The Labute approximate surface area is 209 Å². The monoisotopic (exact) mass is 492 g/mol. The molecule has 0 radical (unpaired) electrons. The molecule has 0 N–H and O–H groups in total. The largest absolute Gasteiger partial charge is 0.496 e. The molecule has 176 valence electrons. The maximum Gasteiger partial charge on any atom is 0.291 e. The number of para-hydroxylation sites is 1. The Bertz CT molecular complexity index is 1810. The molecule has 0 aliphatic rings. The van der Waals surface area contributed by atoms with Crippen LogP contribution in [0.2, 0.25) is 0 Å². The number of thiazole rings is 1. The summed E-state index contributed by atoms with van der Waals surface area (Å²) >= 11 is 1.30. The van der Waals surface area contributed by atoms with Gasteiger partial charge in [-0.2, -0.15) is 14.6 Å². The Morgan fingerprint density at radius 3 is 2.50 bits per heavy atom. The van der Waals surface area contributed by atoms with Crippen LogP contribution in [0.3, 0.4) is 0 Å². The second kappa shape index (κ2) is 8.86. The van der Waals surface area contributed by atoms with Crippen LogP contribution in [0.15, 0.2) is 84.0 Å². The molecule has 9 heteroatoms. The number of methoxy groups -OCH3 is 1. The molecule has 6 aromatic rings. The fourth-order valence-corrected chi connectivity index (χ4v) is 4.95. The number of hydrogen-bond donors (Lipinski definition) is 0. The second-order valence-electron chi connectivity index (χ2n) is 8.18. The average Bonchev–Trinajstić information content (AvgIpc) is 3.60. The summed E-state index contributed by atoms with van der Waals surface area (Å²) < 4.78 is 9.13. The van der Waals surface area contributed by atoms with Gasteiger partial charge in [0.2, 0.25) is 4.96 Å². The van der Waals surface area contributed by atoms with Crippen molar-refractivity contribution in [3.8, 4) is 34.1 Å². The smallest absolute Gasteiger partial charge is 0.291 e. The molecule has 0 spiro atoms. The summed E-state index contributed by atoms with van der Waals surface area (Å²) in [7, 11) is 1.66. The number of ether oxygens (including phenoxy) is 1. The lowest BCUT2D eigenvalue weighted by Gasteiger charge is -2.06. The fraction of sp³-hybridized carbons (Fsp3) is 0.0741. The van der Waals surface area contributed by atoms with Crippen molar-refractivity contribution in [1.82, 2.24) is 29.4 Å². The van der Waals surface area contributed by atoms with Crippen LogP contribution >= 0.6 is 11.3 Å². The molecule has 0 bridgehead atoms. The highest BCUT2D eigenvalue weighted by molar-refractivity contribution is 7.15. The number of aryl methyl sites for hydroxylation is 1. The highest BCUT2D eigenvalue weighted by Gasteiger charge is 2.15. The number of fused-ring (bicyclic) bond motifs is 1. The standard InChI is InChI=1S/C27H20N6O2S/c1-17-14-19(8-9-22(17)35-2)24-20(16-32(30-24)21-6-4-3-5-7-21)15-23-26(34)33-27(36-23)29-25(31-33)18-10-12-28-13-11-18/h3-16H,1-2H3. The number of aromatic nitrogens is 6. The van der Waals surface area contributed by atoms with E-state index in [4.69, 9.17) is 9.84 Å². The third-order valence-corrected chi connectivity index (χ3v) is 6.80. The minimum absolute atomic E-state index is 0.216. The van der Waals surface area contributed by atoms with E-state index < -0.39 is 0 Å². The summed E-state index contributed by atoms with van der Waals surface area (Å²) in [6.45, 7) is 2.00. The first-order valence-corrected chi connectivity index (χ1v) is 12.0. The molecule has 36 heavy (non-hydrogen) atoms. The van der Waals surface area contributed by atoms with Crippen LogP contribution in [0, 0.1) is 6.92 Å². The topological polar surface area (TPSA) is 87.2 Å². The van der Waals surface area contributed by atoms with Crippen molar-refractivity contribution >= 4 is 22.4 Å². The van der Waals surface area contributed by atoms with Gasteiger partial charge in [0, 0.05) is 35.3 Å². The lowest BCUT2D eigenvalue weighted by atomic mass is 10.0. The highest BCUT2D eigenvalue weighted by atomic mass is 32.1. The van der Waals surface area contributed by atoms with E-state index in [2.05, 4.69) is 15.1 Å². The summed E-state index contributed by atoms with van der Waals surface area (Å²) in [4.78, 5) is 22.3. The molecule has 0 fully saturated rings. The van der Waals surface area contributed by atoms with Crippen molar-refractivity contribution in [2.45, 2.75) is 6.92 Å². The van der Waals surface area contributed by atoms with E-state index in [1.165, 1.54) is 15.9 Å². The molecular formula is C27H20N6O2S. The molecule has 0 saturated heterocycles. The summed E-state index contributed by atoms with van der Waals surface area (Å²) in [5.74, 6) is 1.31. The van der Waals surface area contributed by atoms with E-state index in [0.29, 0.717) is 15.3 Å². The van der Waals surface area contributed by atoms with Gasteiger partial charge in [0.1, 0.15) is 11.4 Å². The number of hydrogen-bond acceptors (Lipinski definition) is 7. The lowest BCUT2D eigenvalue weighted by molar-refractivity contribution is 0.412. The zero-order chi connectivity index (χ0) is 24.6. The van der Waals surface area contributed by atoms with Gasteiger partial charge in [-0.15, -0.1) is 5.10 Å². The zero-order valence-electron chi connectivity index (χ0n) is 19.5. The molecule has 4 aromatic heterocycles.